The van der Waals surface area contributed by atoms with Gasteiger partial charge in [-0.1, -0.05) is 44.2 Å². The second kappa shape index (κ2) is 12.3. The summed E-state index contributed by atoms with van der Waals surface area (Å²) in [7, 11) is -4.01. The molecule has 5 atom stereocenters. The molecule has 2 N–H and O–H groups in total. The third-order valence-electron chi connectivity index (χ3n) is 7.25. The molecule has 1 unspecified atom stereocenters. The van der Waals surface area contributed by atoms with Crippen LogP contribution in [0.1, 0.15) is 25.8 Å². The minimum absolute atomic E-state index is 0.0228. The molecule has 0 radical (unpaired) electrons. The van der Waals surface area contributed by atoms with Crippen molar-refractivity contribution in [3.8, 4) is 11.5 Å². The van der Waals surface area contributed by atoms with Crippen molar-refractivity contribution in [3.05, 3.63) is 54.1 Å². The van der Waals surface area contributed by atoms with E-state index < -0.39 is 34.4 Å². The summed E-state index contributed by atoms with van der Waals surface area (Å²) in [6.45, 7) is 4.54. The second-order valence-electron chi connectivity index (χ2n) is 10.7. The van der Waals surface area contributed by atoms with E-state index in [1.54, 1.807) is 6.07 Å². The van der Waals surface area contributed by atoms with E-state index in [4.69, 9.17) is 23.7 Å². The number of aliphatic hydroxyl groups excluding tert-OH is 1. The number of hydrogen-bond donors (Lipinski definition) is 2. The van der Waals surface area contributed by atoms with Gasteiger partial charge in [0.05, 0.1) is 36.2 Å². The van der Waals surface area contributed by atoms with Crippen LogP contribution < -0.4 is 14.8 Å². The van der Waals surface area contributed by atoms with Gasteiger partial charge in [0.15, 0.2) is 17.8 Å². The van der Waals surface area contributed by atoms with E-state index in [1.165, 1.54) is 16.4 Å². The number of carbonyl (C=O) groups excluding carboxylic acids is 1. The fourth-order valence-corrected chi connectivity index (χ4v) is 6.86. The summed E-state index contributed by atoms with van der Waals surface area (Å²) in [5.41, 5.74) is 0.870. The van der Waals surface area contributed by atoms with Crippen LogP contribution >= 0.6 is 0 Å². The van der Waals surface area contributed by atoms with Gasteiger partial charge < -0.3 is 34.1 Å². The number of benzene rings is 2. The zero-order valence-corrected chi connectivity index (χ0v) is 23.4. The zero-order chi connectivity index (χ0) is 28.3. The topological polar surface area (TPSA) is 133 Å². The van der Waals surface area contributed by atoms with E-state index in [0.29, 0.717) is 18.1 Å². The first-order valence-corrected chi connectivity index (χ1v) is 15.0. The van der Waals surface area contributed by atoms with Crippen molar-refractivity contribution in [2.75, 3.05) is 33.1 Å². The van der Waals surface area contributed by atoms with Gasteiger partial charge in [-0.15, -0.1) is 0 Å². The highest BCUT2D eigenvalue weighted by atomic mass is 32.2. The van der Waals surface area contributed by atoms with Crippen LogP contribution in [0.3, 0.4) is 0 Å². The summed E-state index contributed by atoms with van der Waals surface area (Å²) < 4.78 is 56.1. The van der Waals surface area contributed by atoms with Gasteiger partial charge in [-0.05, 0) is 36.5 Å². The van der Waals surface area contributed by atoms with Crippen molar-refractivity contribution in [3.63, 3.8) is 0 Å². The summed E-state index contributed by atoms with van der Waals surface area (Å²) in [4.78, 5) is 13.0. The highest BCUT2D eigenvalue weighted by Crippen LogP contribution is 2.35. The van der Waals surface area contributed by atoms with Crippen LogP contribution in [0, 0.1) is 11.8 Å². The van der Waals surface area contributed by atoms with Gasteiger partial charge in [0, 0.05) is 19.2 Å². The van der Waals surface area contributed by atoms with E-state index in [-0.39, 0.29) is 55.9 Å². The molecule has 3 aliphatic rings. The van der Waals surface area contributed by atoms with Crippen molar-refractivity contribution >= 4 is 16.1 Å². The molecule has 2 fully saturated rings. The van der Waals surface area contributed by atoms with Crippen LogP contribution in [0.15, 0.2) is 53.4 Å². The number of amides is 1. The Balaban J connectivity index is 1.33. The number of nitrogens with zero attached hydrogens (tertiary/aromatic N) is 1. The van der Waals surface area contributed by atoms with Gasteiger partial charge in [0.1, 0.15) is 6.10 Å². The maximum Gasteiger partial charge on any atom is 0.407 e. The Morgan fingerprint density at radius 2 is 1.88 bits per heavy atom. The SMILES string of the molecule is CC(C)CN(C[C@@H](O)[C@H](Cc1ccccc1)NC(=O)OC1CO[C@H]2OCC[C@@H]12)S(=O)(=O)c1ccc2c(c1)OCO2. The summed E-state index contributed by atoms with van der Waals surface area (Å²) in [5, 5.41) is 14.2. The molecule has 11 nitrogen and oxygen atoms in total. The first kappa shape index (κ1) is 28.6. The molecule has 5 rings (SSSR count). The van der Waals surface area contributed by atoms with E-state index in [1.807, 2.05) is 44.2 Å². The molecule has 1 amide bonds. The number of carbonyl (C=O) groups is 1. The smallest absolute Gasteiger partial charge is 0.407 e. The average molecular weight is 577 g/mol. The number of ether oxygens (including phenoxy) is 5. The van der Waals surface area contributed by atoms with Crippen molar-refractivity contribution in [1.29, 1.82) is 0 Å². The van der Waals surface area contributed by atoms with Crippen LogP contribution in [0.4, 0.5) is 4.79 Å². The summed E-state index contributed by atoms with van der Waals surface area (Å²) in [6, 6.07) is 13.0. The first-order chi connectivity index (χ1) is 19.2. The van der Waals surface area contributed by atoms with E-state index >= 15 is 0 Å². The lowest BCUT2D eigenvalue weighted by Crippen LogP contribution is -2.51. The van der Waals surface area contributed by atoms with Crippen LogP contribution in [-0.4, -0.2) is 81.6 Å². The van der Waals surface area contributed by atoms with E-state index in [0.717, 1.165) is 12.0 Å². The number of fused-ring (bicyclic) bond motifs is 2. The molecule has 0 bridgehead atoms. The zero-order valence-electron chi connectivity index (χ0n) is 22.6. The quantitative estimate of drug-likeness (QED) is 0.414. The average Bonchev–Trinajstić information content (AvgIpc) is 3.66. The van der Waals surface area contributed by atoms with Gasteiger partial charge in [-0.3, -0.25) is 0 Å². The highest BCUT2D eigenvalue weighted by molar-refractivity contribution is 7.89. The van der Waals surface area contributed by atoms with E-state index in [9.17, 15) is 18.3 Å². The number of aliphatic hydroxyl groups is 1. The van der Waals surface area contributed by atoms with Crippen molar-refractivity contribution in [2.24, 2.45) is 11.8 Å². The van der Waals surface area contributed by atoms with E-state index in [2.05, 4.69) is 5.32 Å². The molecule has 2 saturated heterocycles. The molecule has 2 aromatic rings. The summed E-state index contributed by atoms with van der Waals surface area (Å²) in [6.07, 6.45) is -1.75. The largest absolute Gasteiger partial charge is 0.454 e. The Bertz CT molecular complexity index is 1270. The third kappa shape index (κ3) is 6.52. The van der Waals surface area contributed by atoms with Crippen LogP contribution in [0.2, 0.25) is 0 Å². The predicted octanol–water partition coefficient (Wildman–Crippen LogP) is 2.52. The highest BCUT2D eigenvalue weighted by Gasteiger charge is 2.44. The first-order valence-electron chi connectivity index (χ1n) is 13.5. The number of nitrogens with one attached hydrogen (secondary N) is 1. The third-order valence-corrected chi connectivity index (χ3v) is 9.08. The Hall–Kier alpha value is -2.90. The molecule has 2 aromatic carbocycles. The van der Waals surface area contributed by atoms with Crippen LogP contribution in [-0.2, 0) is 30.7 Å². The van der Waals surface area contributed by atoms with Gasteiger partial charge in [0.25, 0.3) is 0 Å². The molecule has 0 saturated carbocycles. The number of rotatable bonds is 11. The monoisotopic (exact) mass is 576 g/mol. The maximum absolute atomic E-state index is 13.7. The Morgan fingerprint density at radius 3 is 2.65 bits per heavy atom. The van der Waals surface area contributed by atoms with Gasteiger partial charge in [0.2, 0.25) is 16.8 Å². The van der Waals surface area contributed by atoms with Crippen molar-refractivity contribution < 1.29 is 42.0 Å². The molecule has 0 spiro atoms. The molecule has 0 aromatic heterocycles. The molecule has 3 heterocycles. The summed E-state index contributed by atoms with van der Waals surface area (Å²) >= 11 is 0. The van der Waals surface area contributed by atoms with Crippen molar-refractivity contribution in [2.45, 2.75) is 56.1 Å². The fraction of sp³-hybridized carbons (Fsp3) is 0.536. The van der Waals surface area contributed by atoms with Gasteiger partial charge in [-0.25, -0.2) is 13.2 Å². The second-order valence-corrected chi connectivity index (χ2v) is 12.6. The predicted molar refractivity (Wildman–Crippen MR) is 143 cm³/mol. The Morgan fingerprint density at radius 1 is 1.10 bits per heavy atom. The molecular formula is C28H36N2O9S. The summed E-state index contributed by atoms with van der Waals surface area (Å²) in [5.74, 6) is 0.772. The van der Waals surface area contributed by atoms with Crippen LogP contribution in [0.5, 0.6) is 11.5 Å². The fourth-order valence-electron chi connectivity index (χ4n) is 5.22. The lowest BCUT2D eigenvalue weighted by Gasteiger charge is -2.31. The van der Waals surface area contributed by atoms with Crippen LogP contribution in [0.25, 0.3) is 0 Å². The minimum Gasteiger partial charge on any atom is -0.454 e. The normalized spacial score (nSPS) is 23.3. The number of alkyl carbamates (subject to hydrolysis) is 1. The van der Waals surface area contributed by atoms with Crippen molar-refractivity contribution in [1.82, 2.24) is 9.62 Å². The minimum atomic E-state index is -4.01. The molecule has 218 valence electrons. The molecule has 12 heteroatoms. The number of sulfonamides is 1. The number of hydrogen-bond acceptors (Lipinski definition) is 9. The molecule has 3 aliphatic heterocycles. The molecule has 40 heavy (non-hydrogen) atoms. The standard InChI is InChI=1S/C28H36N2O9S/c1-18(2)14-30(40(33,34)20-8-9-24-25(13-20)38-17-37-24)15-23(31)22(12-19-6-4-3-5-7-19)29-28(32)39-26-16-36-27-21(26)10-11-35-27/h3-9,13,18,21-23,26-27,31H,10-12,14-17H2,1-2H3,(H,29,32)/t21-,22-,23+,26?,27+/m0/s1. The Labute approximate surface area is 234 Å². The van der Waals surface area contributed by atoms with Gasteiger partial charge in [-0.2, -0.15) is 4.31 Å². The molecule has 0 aliphatic carbocycles. The maximum atomic E-state index is 13.7. The van der Waals surface area contributed by atoms with Gasteiger partial charge >= 0.3 is 6.09 Å². The lowest BCUT2D eigenvalue weighted by molar-refractivity contribution is -0.0907. The molecular weight excluding hydrogens is 540 g/mol. The lowest BCUT2D eigenvalue weighted by atomic mass is 10.0. The Kier molecular flexibility index (Phi) is 8.81.